The zero-order valence-electron chi connectivity index (χ0n) is 12.5. The van der Waals surface area contributed by atoms with E-state index in [1.165, 1.54) is 12.1 Å². The van der Waals surface area contributed by atoms with Crippen molar-refractivity contribution in [2.24, 2.45) is 5.92 Å². The van der Waals surface area contributed by atoms with Gasteiger partial charge in [0, 0.05) is 6.04 Å². The molecule has 0 aromatic heterocycles. The average molecular weight is 295 g/mol. The lowest BCUT2D eigenvalue weighted by Gasteiger charge is -2.27. The van der Waals surface area contributed by atoms with Gasteiger partial charge in [0.05, 0.1) is 19.8 Å². The SMILES string of the molecule is CC(C)[C@H](Cc1ccc(F)cc1)NC(=O)[C@@H]1COCCO1. The van der Waals surface area contributed by atoms with Crippen molar-refractivity contribution in [3.63, 3.8) is 0 Å². The molecule has 1 aliphatic rings. The first-order valence-electron chi connectivity index (χ1n) is 7.30. The minimum atomic E-state index is -0.534. The van der Waals surface area contributed by atoms with Gasteiger partial charge in [-0.1, -0.05) is 26.0 Å². The van der Waals surface area contributed by atoms with Crippen LogP contribution in [0.5, 0.6) is 0 Å². The summed E-state index contributed by atoms with van der Waals surface area (Å²) in [4.78, 5) is 12.2. The Hall–Kier alpha value is -1.46. The van der Waals surface area contributed by atoms with Crippen LogP contribution in [-0.2, 0) is 20.7 Å². The number of carbonyl (C=O) groups excluding carboxylic acids is 1. The fourth-order valence-corrected chi connectivity index (χ4v) is 2.24. The van der Waals surface area contributed by atoms with E-state index >= 15 is 0 Å². The average Bonchev–Trinajstić information content (AvgIpc) is 2.49. The zero-order valence-corrected chi connectivity index (χ0v) is 12.5. The van der Waals surface area contributed by atoms with Crippen LogP contribution in [0.1, 0.15) is 19.4 Å². The topological polar surface area (TPSA) is 47.6 Å². The molecule has 0 aliphatic carbocycles. The number of benzene rings is 1. The van der Waals surface area contributed by atoms with Crippen LogP contribution in [0.2, 0.25) is 0 Å². The van der Waals surface area contributed by atoms with E-state index in [2.05, 4.69) is 5.32 Å². The second-order valence-electron chi connectivity index (χ2n) is 5.62. The molecule has 0 unspecified atom stereocenters. The van der Waals surface area contributed by atoms with Crippen LogP contribution >= 0.6 is 0 Å². The van der Waals surface area contributed by atoms with Gasteiger partial charge in [0.1, 0.15) is 5.82 Å². The lowest BCUT2D eigenvalue weighted by Crippen LogP contribution is -2.48. The highest BCUT2D eigenvalue weighted by Crippen LogP contribution is 2.12. The first kappa shape index (κ1) is 15.9. The number of carbonyl (C=O) groups is 1. The molecule has 1 fully saturated rings. The van der Waals surface area contributed by atoms with Crippen molar-refractivity contribution >= 4 is 5.91 Å². The van der Waals surface area contributed by atoms with Crippen LogP contribution in [0, 0.1) is 11.7 Å². The van der Waals surface area contributed by atoms with E-state index in [1.807, 2.05) is 13.8 Å². The van der Waals surface area contributed by atoms with Gasteiger partial charge in [0.25, 0.3) is 5.91 Å². The van der Waals surface area contributed by atoms with Crippen LogP contribution in [-0.4, -0.2) is 37.9 Å². The standard InChI is InChI=1S/C16H22FNO3/c1-11(2)14(9-12-3-5-13(17)6-4-12)18-16(19)15-10-20-7-8-21-15/h3-6,11,14-15H,7-10H2,1-2H3,(H,18,19)/t14-,15-/m0/s1. The molecule has 1 aliphatic heterocycles. The smallest absolute Gasteiger partial charge is 0.251 e. The Morgan fingerprint density at radius 1 is 1.33 bits per heavy atom. The molecule has 0 radical (unpaired) electrons. The molecule has 0 bridgehead atoms. The maximum Gasteiger partial charge on any atom is 0.251 e. The maximum atomic E-state index is 12.9. The highest BCUT2D eigenvalue weighted by Gasteiger charge is 2.26. The fourth-order valence-electron chi connectivity index (χ4n) is 2.24. The molecule has 1 saturated heterocycles. The first-order valence-corrected chi connectivity index (χ1v) is 7.30. The number of halogens is 1. The van der Waals surface area contributed by atoms with E-state index in [-0.39, 0.29) is 23.7 Å². The van der Waals surface area contributed by atoms with Crippen molar-refractivity contribution < 1.29 is 18.7 Å². The van der Waals surface area contributed by atoms with Crippen molar-refractivity contribution in [3.8, 4) is 0 Å². The normalized spacial score (nSPS) is 20.3. The first-order chi connectivity index (χ1) is 10.1. The molecule has 5 heteroatoms. The Bertz CT molecular complexity index is 455. The van der Waals surface area contributed by atoms with Gasteiger partial charge in [-0.05, 0) is 30.0 Å². The molecule has 0 spiro atoms. The van der Waals surface area contributed by atoms with E-state index in [0.29, 0.717) is 26.2 Å². The summed E-state index contributed by atoms with van der Waals surface area (Å²) in [5, 5.41) is 3.01. The molecule has 1 amide bonds. The summed E-state index contributed by atoms with van der Waals surface area (Å²) in [6.07, 6.45) is 0.130. The van der Waals surface area contributed by atoms with Gasteiger partial charge in [-0.25, -0.2) is 4.39 Å². The number of amides is 1. The molecule has 4 nitrogen and oxygen atoms in total. The van der Waals surface area contributed by atoms with E-state index in [9.17, 15) is 9.18 Å². The highest BCUT2D eigenvalue weighted by atomic mass is 19.1. The molecule has 0 saturated carbocycles. The van der Waals surface area contributed by atoms with Crippen molar-refractivity contribution in [3.05, 3.63) is 35.6 Å². The van der Waals surface area contributed by atoms with E-state index in [4.69, 9.17) is 9.47 Å². The quantitative estimate of drug-likeness (QED) is 0.903. The Morgan fingerprint density at radius 3 is 2.62 bits per heavy atom. The van der Waals surface area contributed by atoms with Crippen LogP contribution in [0.4, 0.5) is 4.39 Å². The zero-order chi connectivity index (χ0) is 15.2. The Kier molecular flexibility index (Phi) is 5.70. The summed E-state index contributed by atoms with van der Waals surface area (Å²) in [6.45, 7) is 5.38. The Morgan fingerprint density at radius 2 is 2.05 bits per heavy atom. The van der Waals surface area contributed by atoms with Crippen molar-refractivity contribution in [2.45, 2.75) is 32.4 Å². The van der Waals surface area contributed by atoms with Gasteiger partial charge in [-0.2, -0.15) is 0 Å². The largest absolute Gasteiger partial charge is 0.376 e. The molecule has 1 aromatic rings. The predicted octanol–water partition coefficient (Wildman–Crippen LogP) is 1.92. The molecular weight excluding hydrogens is 273 g/mol. The van der Waals surface area contributed by atoms with Crippen LogP contribution in [0.3, 0.4) is 0 Å². The van der Waals surface area contributed by atoms with Crippen LogP contribution in [0.25, 0.3) is 0 Å². The maximum absolute atomic E-state index is 12.9. The molecular formula is C16H22FNO3. The van der Waals surface area contributed by atoms with Gasteiger partial charge in [-0.15, -0.1) is 0 Å². The van der Waals surface area contributed by atoms with E-state index in [0.717, 1.165) is 5.56 Å². The van der Waals surface area contributed by atoms with Crippen molar-refractivity contribution in [1.82, 2.24) is 5.32 Å². The highest BCUT2D eigenvalue weighted by molar-refractivity contribution is 5.81. The predicted molar refractivity (Wildman–Crippen MR) is 77.4 cm³/mol. The van der Waals surface area contributed by atoms with Gasteiger partial charge < -0.3 is 14.8 Å². The molecule has 2 rings (SSSR count). The number of nitrogens with one attached hydrogen (secondary N) is 1. The number of rotatable bonds is 5. The fraction of sp³-hybridized carbons (Fsp3) is 0.562. The van der Waals surface area contributed by atoms with Crippen molar-refractivity contribution in [2.75, 3.05) is 19.8 Å². The molecule has 1 aromatic carbocycles. The Labute approximate surface area is 124 Å². The summed E-state index contributed by atoms with van der Waals surface area (Å²) in [7, 11) is 0. The number of ether oxygens (including phenoxy) is 2. The van der Waals surface area contributed by atoms with Crippen LogP contribution in [0.15, 0.2) is 24.3 Å². The van der Waals surface area contributed by atoms with Gasteiger partial charge >= 0.3 is 0 Å². The minimum Gasteiger partial charge on any atom is -0.376 e. The summed E-state index contributed by atoms with van der Waals surface area (Å²) in [5.41, 5.74) is 0.996. The van der Waals surface area contributed by atoms with E-state index in [1.54, 1.807) is 12.1 Å². The third-order valence-corrected chi connectivity index (χ3v) is 3.61. The molecule has 1 N–H and O–H groups in total. The second-order valence-corrected chi connectivity index (χ2v) is 5.62. The van der Waals surface area contributed by atoms with Gasteiger partial charge in [0.2, 0.25) is 0 Å². The third-order valence-electron chi connectivity index (χ3n) is 3.61. The summed E-state index contributed by atoms with van der Waals surface area (Å²) >= 11 is 0. The molecule has 116 valence electrons. The molecule has 1 heterocycles. The monoisotopic (exact) mass is 295 g/mol. The molecule has 2 atom stereocenters. The lowest BCUT2D eigenvalue weighted by atomic mass is 9.96. The summed E-state index contributed by atoms with van der Waals surface area (Å²) < 4.78 is 23.6. The van der Waals surface area contributed by atoms with Gasteiger partial charge in [0.15, 0.2) is 6.10 Å². The summed E-state index contributed by atoms with van der Waals surface area (Å²) in [5.74, 6) is -0.129. The van der Waals surface area contributed by atoms with E-state index < -0.39 is 6.10 Å². The number of hydrogen-bond acceptors (Lipinski definition) is 3. The van der Waals surface area contributed by atoms with Gasteiger partial charge in [-0.3, -0.25) is 4.79 Å². The summed E-state index contributed by atoms with van der Waals surface area (Å²) in [6, 6.07) is 6.35. The second kappa shape index (κ2) is 7.52. The van der Waals surface area contributed by atoms with Crippen molar-refractivity contribution in [1.29, 1.82) is 0 Å². The van der Waals surface area contributed by atoms with Crippen LogP contribution < -0.4 is 5.32 Å². The minimum absolute atomic E-state index is 0.0199. The Balaban J connectivity index is 1.95. The lowest BCUT2D eigenvalue weighted by molar-refractivity contribution is -0.148. The number of hydrogen-bond donors (Lipinski definition) is 1. The third kappa shape index (κ3) is 4.79. The molecule has 21 heavy (non-hydrogen) atoms.